The maximum absolute atomic E-state index is 5.01. The minimum absolute atomic E-state index is 0.416. The summed E-state index contributed by atoms with van der Waals surface area (Å²) >= 11 is 0. The molecule has 2 heterocycles. The van der Waals surface area contributed by atoms with E-state index in [1.807, 2.05) is 24.3 Å². The van der Waals surface area contributed by atoms with E-state index in [2.05, 4.69) is 74.2 Å². The Morgan fingerprint density at radius 3 is 2.19 bits per heavy atom. The number of aryl methyl sites for hydroxylation is 1. The van der Waals surface area contributed by atoms with Gasteiger partial charge in [0.1, 0.15) is 17.1 Å². The highest BCUT2D eigenvalue weighted by atomic mass is 15.1. The van der Waals surface area contributed by atoms with Gasteiger partial charge < -0.3 is 10.3 Å². The average Bonchev–Trinajstić information content (AvgIpc) is 2.65. The van der Waals surface area contributed by atoms with Gasteiger partial charge in [0.05, 0.1) is 5.69 Å². The molecule has 140 valence electrons. The molecule has 2 N–H and O–H groups in total. The van der Waals surface area contributed by atoms with E-state index in [0.717, 1.165) is 28.4 Å². The normalized spacial score (nSPS) is 12.0. The van der Waals surface area contributed by atoms with Gasteiger partial charge in [-0.25, -0.2) is 9.98 Å². The Kier molecular flexibility index (Phi) is 5.75. The summed E-state index contributed by atoms with van der Waals surface area (Å²) in [5.41, 5.74) is 5.56. The third-order valence-electron chi connectivity index (χ3n) is 4.63. The Bertz CT molecular complexity index is 943. The number of anilines is 2. The lowest BCUT2D eigenvalue weighted by molar-refractivity contribution is 0.831. The van der Waals surface area contributed by atoms with Gasteiger partial charge in [-0.15, -0.1) is 0 Å². The second kappa shape index (κ2) is 8.21. The van der Waals surface area contributed by atoms with Crippen LogP contribution in [-0.4, -0.2) is 9.97 Å². The number of H-pyrrole nitrogens is 1. The van der Waals surface area contributed by atoms with Crippen LogP contribution in [0.5, 0.6) is 0 Å². The first-order valence-corrected chi connectivity index (χ1v) is 9.51. The summed E-state index contributed by atoms with van der Waals surface area (Å²) in [6.07, 6.45) is 1.78. The van der Waals surface area contributed by atoms with Crippen LogP contribution in [0.15, 0.2) is 59.7 Å². The molecule has 0 aliphatic heterocycles. The molecule has 1 aromatic carbocycles. The molecule has 0 bridgehead atoms. The molecule has 3 aromatic rings. The lowest BCUT2D eigenvalue weighted by Crippen LogP contribution is -2.11. The van der Waals surface area contributed by atoms with E-state index >= 15 is 0 Å². The van der Waals surface area contributed by atoms with Crippen LogP contribution in [0.2, 0.25) is 0 Å². The minimum atomic E-state index is 0.416. The SMILES string of the molecule is Cc1cc/c(=N\c2c(C(C)C)cccc2C(C)C)[nH]c1Nc1ccccn1. The van der Waals surface area contributed by atoms with Crippen LogP contribution < -0.4 is 10.8 Å². The third-order valence-corrected chi connectivity index (χ3v) is 4.63. The van der Waals surface area contributed by atoms with Crippen LogP contribution in [0.4, 0.5) is 17.3 Å². The van der Waals surface area contributed by atoms with Crippen LogP contribution in [0.25, 0.3) is 0 Å². The molecule has 0 saturated carbocycles. The first-order chi connectivity index (χ1) is 13.0. The zero-order chi connectivity index (χ0) is 19.4. The number of benzene rings is 1. The van der Waals surface area contributed by atoms with Gasteiger partial charge in [-0.2, -0.15) is 0 Å². The van der Waals surface area contributed by atoms with E-state index in [1.165, 1.54) is 11.1 Å². The molecule has 0 unspecified atom stereocenters. The molecule has 0 radical (unpaired) electrons. The van der Waals surface area contributed by atoms with Gasteiger partial charge in [0.25, 0.3) is 0 Å². The predicted octanol–water partition coefficient (Wildman–Crippen LogP) is 5.94. The van der Waals surface area contributed by atoms with Crippen LogP contribution in [0.1, 0.15) is 56.2 Å². The molecule has 3 rings (SSSR count). The molecule has 0 aliphatic carbocycles. The van der Waals surface area contributed by atoms with E-state index in [9.17, 15) is 0 Å². The largest absolute Gasteiger partial charge is 0.326 e. The maximum Gasteiger partial charge on any atom is 0.132 e. The molecule has 2 aromatic heterocycles. The van der Waals surface area contributed by atoms with Crippen molar-refractivity contribution in [1.82, 2.24) is 9.97 Å². The molecule has 4 heteroatoms. The summed E-state index contributed by atoms with van der Waals surface area (Å²) in [7, 11) is 0. The Hall–Kier alpha value is -2.88. The molecule has 0 spiro atoms. The summed E-state index contributed by atoms with van der Waals surface area (Å²) in [4.78, 5) is 12.8. The van der Waals surface area contributed by atoms with Crippen molar-refractivity contribution in [2.24, 2.45) is 4.99 Å². The summed E-state index contributed by atoms with van der Waals surface area (Å²) in [6.45, 7) is 10.9. The minimum Gasteiger partial charge on any atom is -0.326 e. The number of nitrogens with zero attached hydrogens (tertiary/aromatic N) is 2. The topological polar surface area (TPSA) is 53.1 Å². The summed E-state index contributed by atoms with van der Waals surface area (Å²) in [6, 6.07) is 16.4. The van der Waals surface area contributed by atoms with Gasteiger partial charge in [0.2, 0.25) is 0 Å². The molecule has 27 heavy (non-hydrogen) atoms. The third kappa shape index (κ3) is 4.45. The number of rotatable bonds is 5. The fourth-order valence-electron chi connectivity index (χ4n) is 3.08. The average molecular weight is 361 g/mol. The van der Waals surface area contributed by atoms with Gasteiger partial charge in [-0.1, -0.05) is 58.0 Å². The Morgan fingerprint density at radius 1 is 0.889 bits per heavy atom. The highest BCUT2D eigenvalue weighted by Gasteiger charge is 2.13. The van der Waals surface area contributed by atoms with Crippen molar-refractivity contribution in [3.63, 3.8) is 0 Å². The summed E-state index contributed by atoms with van der Waals surface area (Å²) in [5.74, 6) is 2.54. The van der Waals surface area contributed by atoms with Gasteiger partial charge in [-0.3, -0.25) is 0 Å². The van der Waals surface area contributed by atoms with E-state index in [0.29, 0.717) is 11.8 Å². The molecule has 0 saturated heterocycles. The maximum atomic E-state index is 5.01. The molecule has 0 amide bonds. The second-order valence-corrected chi connectivity index (χ2v) is 7.45. The van der Waals surface area contributed by atoms with Crippen molar-refractivity contribution in [2.45, 2.75) is 46.5 Å². The lowest BCUT2D eigenvalue weighted by Gasteiger charge is -2.16. The molecule has 4 nitrogen and oxygen atoms in total. The zero-order valence-corrected chi connectivity index (χ0v) is 16.7. The Labute approximate surface area is 161 Å². The molecule has 0 atom stereocenters. The van der Waals surface area contributed by atoms with Gasteiger partial charge in [-0.05, 0) is 53.6 Å². The van der Waals surface area contributed by atoms with Crippen molar-refractivity contribution in [3.05, 3.63) is 76.9 Å². The van der Waals surface area contributed by atoms with Crippen LogP contribution in [-0.2, 0) is 0 Å². The number of para-hydroxylation sites is 1. The number of hydrogen-bond acceptors (Lipinski definition) is 3. The number of aromatic nitrogens is 2. The summed E-state index contributed by atoms with van der Waals surface area (Å²) in [5, 5.41) is 3.35. The molecule has 0 aliphatic rings. The van der Waals surface area contributed by atoms with Crippen LogP contribution >= 0.6 is 0 Å². The van der Waals surface area contributed by atoms with Crippen molar-refractivity contribution in [1.29, 1.82) is 0 Å². The van der Waals surface area contributed by atoms with Gasteiger partial charge in [0, 0.05) is 6.20 Å². The number of hydrogen-bond donors (Lipinski definition) is 2. The van der Waals surface area contributed by atoms with E-state index in [-0.39, 0.29) is 0 Å². The number of pyridine rings is 2. The van der Waals surface area contributed by atoms with E-state index < -0.39 is 0 Å². The predicted molar refractivity (Wildman–Crippen MR) is 113 cm³/mol. The smallest absolute Gasteiger partial charge is 0.132 e. The van der Waals surface area contributed by atoms with Crippen molar-refractivity contribution in [2.75, 3.05) is 5.32 Å². The first kappa shape index (κ1) is 18.9. The molecular formula is C23H28N4. The van der Waals surface area contributed by atoms with E-state index in [4.69, 9.17) is 4.99 Å². The molecular weight excluding hydrogens is 332 g/mol. The van der Waals surface area contributed by atoms with Crippen molar-refractivity contribution >= 4 is 17.3 Å². The Morgan fingerprint density at radius 2 is 1.59 bits per heavy atom. The standard InChI is InChI=1S/C23H28N4/c1-15(2)18-9-8-10-19(16(3)4)22(18)25-21-13-12-17(5)23(27-21)26-20-11-6-7-14-24-20/h6-16H,1-5H3,(H2,24,25,26,27). The fourth-order valence-corrected chi connectivity index (χ4v) is 3.08. The molecule has 0 fully saturated rings. The van der Waals surface area contributed by atoms with Gasteiger partial charge >= 0.3 is 0 Å². The van der Waals surface area contributed by atoms with Crippen LogP contribution in [0, 0.1) is 6.92 Å². The van der Waals surface area contributed by atoms with Crippen molar-refractivity contribution < 1.29 is 0 Å². The quantitative estimate of drug-likeness (QED) is 0.591. The monoisotopic (exact) mass is 360 g/mol. The van der Waals surface area contributed by atoms with Crippen LogP contribution in [0.3, 0.4) is 0 Å². The van der Waals surface area contributed by atoms with E-state index in [1.54, 1.807) is 6.20 Å². The first-order valence-electron chi connectivity index (χ1n) is 9.51. The van der Waals surface area contributed by atoms with Gasteiger partial charge in [0.15, 0.2) is 0 Å². The number of nitrogens with one attached hydrogen (secondary N) is 2. The van der Waals surface area contributed by atoms with Crippen molar-refractivity contribution in [3.8, 4) is 0 Å². The second-order valence-electron chi connectivity index (χ2n) is 7.45. The fraction of sp³-hybridized carbons (Fsp3) is 0.304. The zero-order valence-electron chi connectivity index (χ0n) is 16.7. The highest BCUT2D eigenvalue weighted by molar-refractivity contribution is 5.57. The lowest BCUT2D eigenvalue weighted by atomic mass is 9.93. The Balaban J connectivity index is 2.09. The number of aromatic amines is 1. The highest BCUT2D eigenvalue weighted by Crippen LogP contribution is 2.34. The summed E-state index contributed by atoms with van der Waals surface area (Å²) < 4.78 is 0.